The molecule has 0 bridgehead atoms. The molecule has 10 heavy (non-hydrogen) atoms. The molecule has 5 heteroatoms. The van der Waals surface area contributed by atoms with Crippen LogP contribution in [0.5, 0.6) is 0 Å². The third kappa shape index (κ3) is 2.16. The molecule has 0 radical (unpaired) electrons. The van der Waals surface area contributed by atoms with Crippen molar-refractivity contribution in [2.24, 2.45) is 5.92 Å². The van der Waals surface area contributed by atoms with Gasteiger partial charge in [-0.05, 0) is 12.8 Å². The molecule has 1 unspecified atom stereocenters. The summed E-state index contributed by atoms with van der Waals surface area (Å²) in [5.74, 6) is 0.252. The average Bonchev–Trinajstić information content (AvgIpc) is 1.85. The van der Waals surface area contributed by atoms with Crippen LogP contribution in [0, 0.1) is 5.92 Å². The van der Waals surface area contributed by atoms with Crippen molar-refractivity contribution in [2.75, 3.05) is 0 Å². The molecule has 62 valence electrons. The van der Waals surface area contributed by atoms with E-state index in [9.17, 15) is 0 Å². The lowest BCUT2D eigenvalue weighted by molar-refractivity contribution is 0.358. The smallest absolute Gasteiger partial charge is 0.333 e. The van der Waals surface area contributed by atoms with Gasteiger partial charge in [-0.1, -0.05) is 24.6 Å². The molecule has 0 fully saturated rings. The van der Waals surface area contributed by atoms with Crippen LogP contribution in [0.2, 0.25) is 0 Å². The quantitative estimate of drug-likeness (QED) is 0.356. The Kier molecular flexibility index (Phi) is 4.35. The highest BCUT2D eigenvalue weighted by Gasteiger charge is 2.37. The lowest BCUT2D eigenvalue weighted by atomic mass is 10.1. The fraction of sp³-hybridized carbons (Fsp3) is 1.00. The van der Waals surface area contributed by atoms with Gasteiger partial charge in [-0.2, -0.15) is 0 Å². The van der Waals surface area contributed by atoms with Crippen LogP contribution in [0.25, 0.3) is 0 Å². The molecule has 0 aromatic carbocycles. The van der Waals surface area contributed by atoms with E-state index in [1.54, 1.807) is 0 Å². The van der Waals surface area contributed by atoms with Gasteiger partial charge in [0.05, 0.1) is 4.37 Å². The van der Waals surface area contributed by atoms with Gasteiger partial charge in [0.15, 0.2) is 0 Å². The lowest BCUT2D eigenvalue weighted by Gasteiger charge is -2.30. The monoisotopic (exact) mass is 198 g/mol. The highest BCUT2D eigenvalue weighted by molar-refractivity contribution is 8.69. The van der Waals surface area contributed by atoms with Crippen LogP contribution in [-0.2, 0) is 0 Å². The SMILES string of the molecule is CC(C)C(C)(SS)[SiH](O)O. The Morgan fingerprint density at radius 2 is 1.90 bits per heavy atom. The molecule has 0 aliphatic heterocycles. The summed E-state index contributed by atoms with van der Waals surface area (Å²) in [5, 5.41) is 0. The zero-order valence-electron chi connectivity index (χ0n) is 6.40. The molecule has 0 saturated carbocycles. The van der Waals surface area contributed by atoms with Gasteiger partial charge in [-0.15, -0.1) is 11.7 Å². The van der Waals surface area contributed by atoms with Crippen molar-refractivity contribution in [2.45, 2.75) is 25.1 Å². The van der Waals surface area contributed by atoms with Crippen LogP contribution in [0.1, 0.15) is 20.8 Å². The maximum Gasteiger partial charge on any atom is 0.333 e. The summed E-state index contributed by atoms with van der Waals surface area (Å²) in [4.78, 5) is 18.1. The highest BCUT2D eigenvalue weighted by atomic mass is 33.1. The van der Waals surface area contributed by atoms with Gasteiger partial charge < -0.3 is 9.59 Å². The predicted octanol–water partition coefficient (Wildman–Crippen LogP) is 0.723. The molecule has 2 N–H and O–H groups in total. The van der Waals surface area contributed by atoms with Gasteiger partial charge in [0.2, 0.25) is 0 Å². The first-order valence-corrected chi connectivity index (χ1v) is 6.61. The molecule has 0 amide bonds. The zero-order valence-corrected chi connectivity index (χ0v) is 9.27. The largest absolute Gasteiger partial charge is 0.412 e. The fourth-order valence-corrected chi connectivity index (χ4v) is 3.12. The Morgan fingerprint density at radius 3 is 1.90 bits per heavy atom. The summed E-state index contributed by atoms with van der Waals surface area (Å²) in [6.07, 6.45) is 0. The molecule has 0 aliphatic rings. The Bertz CT molecular complexity index is 99.8. The van der Waals surface area contributed by atoms with Gasteiger partial charge in [0.1, 0.15) is 0 Å². The third-order valence-corrected chi connectivity index (χ3v) is 7.17. The van der Waals surface area contributed by atoms with Crippen LogP contribution < -0.4 is 0 Å². The van der Waals surface area contributed by atoms with Crippen molar-refractivity contribution in [3.8, 4) is 0 Å². The number of hydrogen-bond acceptors (Lipinski definition) is 4. The van der Waals surface area contributed by atoms with E-state index in [4.69, 9.17) is 9.59 Å². The summed E-state index contributed by atoms with van der Waals surface area (Å²) in [5.41, 5.74) is 0. The van der Waals surface area contributed by atoms with Gasteiger partial charge in [0, 0.05) is 0 Å². The molecule has 0 aromatic heterocycles. The molecule has 0 rings (SSSR count). The highest BCUT2D eigenvalue weighted by Crippen LogP contribution is 2.35. The standard InChI is InChI=1S/C5H14O2S2Si/c1-4(2)5(3,9-8)10(6)7/h4,6-8,10H,1-3H3. The van der Waals surface area contributed by atoms with Gasteiger partial charge in [-0.3, -0.25) is 0 Å². The van der Waals surface area contributed by atoms with E-state index in [1.165, 1.54) is 10.8 Å². The number of hydrogen-bond donors (Lipinski definition) is 3. The Balaban J connectivity index is 4.23. The van der Waals surface area contributed by atoms with E-state index >= 15 is 0 Å². The van der Waals surface area contributed by atoms with E-state index in [0.29, 0.717) is 0 Å². The summed E-state index contributed by atoms with van der Waals surface area (Å²) < 4.78 is -0.427. The second kappa shape index (κ2) is 4.01. The minimum atomic E-state index is -2.57. The van der Waals surface area contributed by atoms with E-state index in [-0.39, 0.29) is 5.92 Å². The molecule has 0 spiro atoms. The predicted molar refractivity (Wildman–Crippen MR) is 51.4 cm³/mol. The van der Waals surface area contributed by atoms with Crippen molar-refractivity contribution < 1.29 is 9.59 Å². The Morgan fingerprint density at radius 1 is 1.50 bits per heavy atom. The van der Waals surface area contributed by atoms with E-state index in [2.05, 4.69) is 11.7 Å². The van der Waals surface area contributed by atoms with Crippen molar-refractivity contribution >= 4 is 31.7 Å². The summed E-state index contributed by atoms with van der Waals surface area (Å²) in [6, 6.07) is 0. The second-order valence-electron chi connectivity index (χ2n) is 2.80. The van der Waals surface area contributed by atoms with Crippen LogP contribution in [0.3, 0.4) is 0 Å². The molecule has 0 saturated heterocycles. The maximum atomic E-state index is 9.07. The number of thiol groups is 1. The van der Waals surface area contributed by atoms with Crippen LogP contribution in [0.4, 0.5) is 0 Å². The summed E-state index contributed by atoms with van der Waals surface area (Å²) >= 11 is 4.01. The van der Waals surface area contributed by atoms with Crippen molar-refractivity contribution in [3.05, 3.63) is 0 Å². The fourth-order valence-electron chi connectivity index (χ4n) is 0.451. The first-order valence-electron chi connectivity index (χ1n) is 3.14. The summed E-state index contributed by atoms with van der Waals surface area (Å²) in [7, 11) is -1.33. The molecule has 0 heterocycles. The molecule has 2 nitrogen and oxygen atoms in total. The average molecular weight is 198 g/mol. The van der Waals surface area contributed by atoms with E-state index < -0.39 is 13.7 Å². The molecular weight excluding hydrogens is 184 g/mol. The van der Waals surface area contributed by atoms with Gasteiger partial charge in [0.25, 0.3) is 0 Å². The third-order valence-electron chi connectivity index (χ3n) is 1.86. The normalized spacial score (nSPS) is 18.0. The Hall–Kier alpha value is 0.837. The second-order valence-corrected chi connectivity index (χ2v) is 6.78. The molecule has 1 atom stereocenters. The number of rotatable bonds is 3. The first-order chi connectivity index (χ1) is 4.45. The van der Waals surface area contributed by atoms with Crippen molar-refractivity contribution in [3.63, 3.8) is 0 Å². The van der Waals surface area contributed by atoms with Crippen LogP contribution in [0.15, 0.2) is 0 Å². The summed E-state index contributed by atoms with van der Waals surface area (Å²) in [6.45, 7) is 5.78. The first kappa shape index (κ1) is 10.8. The van der Waals surface area contributed by atoms with Crippen molar-refractivity contribution in [1.29, 1.82) is 0 Å². The maximum absolute atomic E-state index is 9.07. The minimum Gasteiger partial charge on any atom is -0.412 e. The van der Waals surface area contributed by atoms with Crippen molar-refractivity contribution in [1.82, 2.24) is 0 Å². The van der Waals surface area contributed by atoms with Gasteiger partial charge in [-0.25, -0.2) is 0 Å². The minimum absolute atomic E-state index is 0.252. The van der Waals surface area contributed by atoms with Crippen LogP contribution >= 0.6 is 22.5 Å². The van der Waals surface area contributed by atoms with Crippen LogP contribution in [-0.4, -0.2) is 23.2 Å². The molecule has 0 aliphatic carbocycles. The lowest BCUT2D eigenvalue weighted by Crippen LogP contribution is -2.44. The van der Waals surface area contributed by atoms with E-state index in [1.807, 2.05) is 20.8 Å². The van der Waals surface area contributed by atoms with E-state index in [0.717, 1.165) is 0 Å². The topological polar surface area (TPSA) is 40.5 Å². The zero-order chi connectivity index (χ0) is 8.36. The molecule has 0 aromatic rings. The van der Waals surface area contributed by atoms with Gasteiger partial charge >= 0.3 is 9.28 Å². The molecular formula is C5H14O2S2Si. The Labute approximate surface area is 72.7 Å².